The Labute approximate surface area is 98.8 Å². The fourth-order valence-electron chi connectivity index (χ4n) is 1.66. The van der Waals surface area contributed by atoms with Crippen LogP contribution in [0.4, 0.5) is 0 Å². The van der Waals surface area contributed by atoms with Gasteiger partial charge in [0.2, 0.25) is 0 Å². The van der Waals surface area contributed by atoms with E-state index in [9.17, 15) is 4.79 Å². The van der Waals surface area contributed by atoms with Gasteiger partial charge in [0.05, 0.1) is 6.61 Å². The third-order valence-electron chi connectivity index (χ3n) is 2.54. The molecule has 1 unspecified atom stereocenters. The lowest BCUT2D eigenvalue weighted by atomic mass is 10.1. The van der Waals surface area contributed by atoms with Crippen LogP contribution < -0.4 is 4.74 Å². The Morgan fingerprint density at radius 2 is 2.38 bits per heavy atom. The van der Waals surface area contributed by atoms with Gasteiger partial charge in [-0.1, -0.05) is 0 Å². The molecule has 1 aromatic rings. The lowest BCUT2D eigenvalue weighted by Gasteiger charge is -2.18. The molecule has 0 saturated carbocycles. The van der Waals surface area contributed by atoms with Gasteiger partial charge in [-0.2, -0.15) is 0 Å². The van der Waals surface area contributed by atoms with E-state index in [1.807, 2.05) is 18.2 Å². The van der Waals surface area contributed by atoms with Crippen molar-refractivity contribution in [2.24, 2.45) is 0 Å². The second kappa shape index (κ2) is 4.78. The maximum Gasteiger partial charge on any atom is 0.316 e. The first-order chi connectivity index (χ1) is 7.66. The Bertz CT molecular complexity index is 403. The van der Waals surface area contributed by atoms with E-state index in [1.54, 1.807) is 6.92 Å². The number of hydrogen-bond acceptors (Lipinski definition) is 3. The minimum absolute atomic E-state index is 0.414. The summed E-state index contributed by atoms with van der Waals surface area (Å²) in [6.07, 6.45) is 2.06. The fourth-order valence-corrected chi connectivity index (χ4v) is 2.53. The normalized spacial score (nSPS) is 16.1. The maximum atomic E-state index is 10.7. The molecule has 0 aliphatic carbocycles. The second-order valence-electron chi connectivity index (χ2n) is 3.82. The van der Waals surface area contributed by atoms with Crippen LogP contribution in [0.1, 0.15) is 18.9 Å². The summed E-state index contributed by atoms with van der Waals surface area (Å²) in [6, 6.07) is 5.90. The van der Waals surface area contributed by atoms with Gasteiger partial charge in [0.25, 0.3) is 0 Å². The molecule has 1 aliphatic rings. The van der Waals surface area contributed by atoms with Crippen molar-refractivity contribution in [2.75, 3.05) is 6.61 Å². The Morgan fingerprint density at radius 1 is 1.56 bits per heavy atom. The summed E-state index contributed by atoms with van der Waals surface area (Å²) >= 11 is 1.37. The van der Waals surface area contributed by atoms with Gasteiger partial charge in [-0.3, -0.25) is 4.79 Å². The summed E-state index contributed by atoms with van der Waals surface area (Å²) in [5.74, 6) is 0.164. The SMILES string of the molecule is CC(Sc1ccc2c(c1)CCCO2)C(=O)O. The van der Waals surface area contributed by atoms with E-state index in [2.05, 4.69) is 0 Å². The molecule has 1 atom stereocenters. The van der Waals surface area contributed by atoms with Crippen LogP contribution in [0.3, 0.4) is 0 Å². The van der Waals surface area contributed by atoms with Gasteiger partial charge in [0.15, 0.2) is 0 Å². The molecule has 1 N–H and O–H groups in total. The first kappa shape index (κ1) is 11.3. The smallest absolute Gasteiger partial charge is 0.316 e. The number of aryl methyl sites for hydroxylation is 1. The van der Waals surface area contributed by atoms with Gasteiger partial charge in [-0.05, 0) is 43.5 Å². The monoisotopic (exact) mass is 238 g/mol. The molecule has 4 heteroatoms. The van der Waals surface area contributed by atoms with E-state index in [1.165, 1.54) is 17.3 Å². The molecule has 3 nitrogen and oxygen atoms in total. The predicted octanol–water partition coefficient (Wildman–Crippen LogP) is 2.58. The molecule has 2 rings (SSSR count). The van der Waals surface area contributed by atoms with Crippen molar-refractivity contribution in [3.05, 3.63) is 23.8 Å². The number of carboxylic acid groups (broad SMARTS) is 1. The van der Waals surface area contributed by atoms with E-state index < -0.39 is 11.2 Å². The first-order valence-electron chi connectivity index (χ1n) is 5.32. The van der Waals surface area contributed by atoms with Crippen molar-refractivity contribution >= 4 is 17.7 Å². The Morgan fingerprint density at radius 3 is 3.12 bits per heavy atom. The number of ether oxygens (including phenoxy) is 1. The first-order valence-corrected chi connectivity index (χ1v) is 6.20. The van der Waals surface area contributed by atoms with Gasteiger partial charge < -0.3 is 9.84 Å². The van der Waals surface area contributed by atoms with Crippen LogP contribution in [-0.2, 0) is 11.2 Å². The number of aliphatic carboxylic acids is 1. The molecular formula is C12H14O3S. The van der Waals surface area contributed by atoms with E-state index >= 15 is 0 Å². The van der Waals surface area contributed by atoms with Crippen molar-refractivity contribution < 1.29 is 14.6 Å². The average Bonchev–Trinajstić information content (AvgIpc) is 2.28. The molecule has 0 fully saturated rings. The molecule has 1 aliphatic heterocycles. The molecule has 1 heterocycles. The van der Waals surface area contributed by atoms with E-state index in [0.29, 0.717) is 0 Å². The molecule has 86 valence electrons. The highest BCUT2D eigenvalue weighted by Gasteiger charge is 2.15. The van der Waals surface area contributed by atoms with Gasteiger partial charge in [0.1, 0.15) is 11.0 Å². The third-order valence-corrected chi connectivity index (χ3v) is 3.62. The van der Waals surface area contributed by atoms with Crippen LogP contribution in [0.2, 0.25) is 0 Å². The van der Waals surface area contributed by atoms with E-state index in [0.717, 1.165) is 30.1 Å². The Hall–Kier alpha value is -1.16. The van der Waals surface area contributed by atoms with Crippen molar-refractivity contribution in [2.45, 2.75) is 29.9 Å². The zero-order valence-corrected chi connectivity index (χ0v) is 9.92. The lowest BCUT2D eigenvalue weighted by Crippen LogP contribution is -2.11. The number of benzene rings is 1. The number of rotatable bonds is 3. The Balaban J connectivity index is 2.14. The topological polar surface area (TPSA) is 46.5 Å². The number of carboxylic acids is 1. The highest BCUT2D eigenvalue weighted by atomic mass is 32.2. The second-order valence-corrected chi connectivity index (χ2v) is 5.23. The summed E-state index contributed by atoms with van der Waals surface area (Å²) in [4.78, 5) is 11.7. The molecule has 0 spiro atoms. The largest absolute Gasteiger partial charge is 0.493 e. The van der Waals surface area contributed by atoms with Gasteiger partial charge in [-0.25, -0.2) is 0 Å². The third kappa shape index (κ3) is 2.50. The number of hydrogen-bond donors (Lipinski definition) is 1. The van der Waals surface area contributed by atoms with Crippen LogP contribution in [0, 0.1) is 0 Å². The van der Waals surface area contributed by atoms with Gasteiger partial charge >= 0.3 is 5.97 Å². The van der Waals surface area contributed by atoms with Gasteiger partial charge in [-0.15, -0.1) is 11.8 Å². The standard InChI is InChI=1S/C12H14O3S/c1-8(12(13)14)16-10-4-5-11-9(7-10)3-2-6-15-11/h4-5,7-8H,2-3,6H2,1H3,(H,13,14). The molecule has 0 aromatic heterocycles. The summed E-state index contributed by atoms with van der Waals surface area (Å²) in [5, 5.41) is 8.42. The van der Waals surface area contributed by atoms with Crippen LogP contribution in [0.15, 0.2) is 23.1 Å². The summed E-state index contributed by atoms with van der Waals surface area (Å²) in [7, 11) is 0. The van der Waals surface area contributed by atoms with Crippen LogP contribution >= 0.6 is 11.8 Å². The molecule has 0 bridgehead atoms. The molecule has 0 amide bonds. The Kier molecular flexibility index (Phi) is 3.39. The minimum Gasteiger partial charge on any atom is -0.493 e. The number of carbonyl (C=O) groups is 1. The molecule has 16 heavy (non-hydrogen) atoms. The number of fused-ring (bicyclic) bond motifs is 1. The maximum absolute atomic E-state index is 10.7. The minimum atomic E-state index is -0.779. The van der Waals surface area contributed by atoms with Crippen molar-refractivity contribution in [1.82, 2.24) is 0 Å². The quantitative estimate of drug-likeness (QED) is 0.822. The van der Waals surface area contributed by atoms with Crippen molar-refractivity contribution in [3.63, 3.8) is 0 Å². The summed E-state index contributed by atoms with van der Waals surface area (Å²) in [5.41, 5.74) is 1.19. The molecule has 1 aromatic carbocycles. The zero-order valence-electron chi connectivity index (χ0n) is 9.10. The van der Waals surface area contributed by atoms with Crippen molar-refractivity contribution in [3.8, 4) is 5.75 Å². The van der Waals surface area contributed by atoms with Crippen molar-refractivity contribution in [1.29, 1.82) is 0 Å². The summed E-state index contributed by atoms with van der Waals surface area (Å²) < 4.78 is 5.51. The average molecular weight is 238 g/mol. The van der Waals surface area contributed by atoms with E-state index in [4.69, 9.17) is 9.84 Å². The molecular weight excluding hydrogens is 224 g/mol. The van der Waals surface area contributed by atoms with Crippen LogP contribution in [0.5, 0.6) is 5.75 Å². The molecule has 0 saturated heterocycles. The lowest BCUT2D eigenvalue weighted by molar-refractivity contribution is -0.136. The highest BCUT2D eigenvalue weighted by molar-refractivity contribution is 8.00. The highest BCUT2D eigenvalue weighted by Crippen LogP contribution is 2.31. The zero-order chi connectivity index (χ0) is 11.5. The predicted molar refractivity (Wildman–Crippen MR) is 63.2 cm³/mol. The summed E-state index contributed by atoms with van der Waals surface area (Å²) in [6.45, 7) is 2.48. The molecule has 0 radical (unpaired) electrons. The van der Waals surface area contributed by atoms with Crippen LogP contribution in [0.25, 0.3) is 0 Å². The fraction of sp³-hybridized carbons (Fsp3) is 0.417. The van der Waals surface area contributed by atoms with Gasteiger partial charge in [0, 0.05) is 4.90 Å². The van der Waals surface area contributed by atoms with E-state index in [-0.39, 0.29) is 0 Å². The number of thioether (sulfide) groups is 1. The van der Waals surface area contributed by atoms with Crippen LogP contribution in [-0.4, -0.2) is 22.9 Å².